The zero-order valence-corrected chi connectivity index (χ0v) is 19.0. The third-order valence-corrected chi connectivity index (χ3v) is 4.59. The Morgan fingerprint density at radius 1 is 0.839 bits per heavy atom. The van der Waals surface area contributed by atoms with E-state index in [0.29, 0.717) is 33.0 Å². The van der Waals surface area contributed by atoms with E-state index in [1.807, 2.05) is 13.8 Å². The molecule has 1 heterocycles. The van der Waals surface area contributed by atoms with Crippen molar-refractivity contribution in [3.8, 4) is 11.5 Å². The van der Waals surface area contributed by atoms with Gasteiger partial charge in [-0.05, 0) is 6.92 Å². The van der Waals surface area contributed by atoms with Crippen LogP contribution in [-0.4, -0.2) is 63.6 Å². The Morgan fingerprint density at radius 3 is 2.03 bits per heavy atom. The van der Waals surface area contributed by atoms with Crippen molar-refractivity contribution in [2.24, 2.45) is 10.8 Å². The number of nitrogens with zero attached hydrogens (tertiary/aromatic N) is 1. The summed E-state index contributed by atoms with van der Waals surface area (Å²) in [5, 5.41) is 11.4. The van der Waals surface area contributed by atoms with Gasteiger partial charge in [-0.3, -0.25) is 14.9 Å². The molecule has 31 heavy (non-hydrogen) atoms. The molecule has 174 valence electrons. The summed E-state index contributed by atoms with van der Waals surface area (Å²) in [7, 11) is 0. The summed E-state index contributed by atoms with van der Waals surface area (Å²) in [6.07, 6.45) is 0. The Hall–Kier alpha value is -2.23. The molecule has 2 rings (SSSR count). The van der Waals surface area contributed by atoms with E-state index in [1.54, 1.807) is 0 Å². The van der Waals surface area contributed by atoms with Gasteiger partial charge in [-0.2, -0.15) is 0 Å². The van der Waals surface area contributed by atoms with Crippen molar-refractivity contribution in [3.05, 3.63) is 27.8 Å². The van der Waals surface area contributed by atoms with E-state index < -0.39 is 10.7 Å². The lowest BCUT2D eigenvalue weighted by atomic mass is 9.94. The third-order valence-electron chi connectivity index (χ3n) is 4.59. The minimum Gasteiger partial charge on any atom is -0.489 e. The first-order valence-electron chi connectivity index (χ1n) is 10.3. The van der Waals surface area contributed by atoms with Crippen molar-refractivity contribution in [3.63, 3.8) is 0 Å². The Morgan fingerprint density at radius 2 is 1.39 bits per heavy atom. The molecule has 0 aromatic heterocycles. The minimum atomic E-state index is -0.601. The maximum Gasteiger partial charge on any atom is 0.284 e. The van der Waals surface area contributed by atoms with E-state index in [9.17, 15) is 14.9 Å². The van der Waals surface area contributed by atoms with Crippen LogP contribution in [0.4, 0.5) is 5.69 Å². The molecule has 0 unspecified atom stereocenters. The number of Topliss-reactive ketones (excluding diaryl/α,β-unsaturated/α-hetero) is 1. The minimum absolute atomic E-state index is 0.0255. The van der Waals surface area contributed by atoms with Crippen LogP contribution in [0.15, 0.2) is 12.1 Å². The zero-order valence-electron chi connectivity index (χ0n) is 19.0. The maximum absolute atomic E-state index is 12.0. The molecule has 0 radical (unpaired) electrons. The average Bonchev–Trinajstić information content (AvgIpc) is 2.67. The first-order valence-corrected chi connectivity index (χ1v) is 10.3. The average molecular weight is 440 g/mol. The highest BCUT2D eigenvalue weighted by Gasteiger charge is 2.27. The lowest BCUT2D eigenvalue weighted by molar-refractivity contribution is -0.385. The van der Waals surface area contributed by atoms with Crippen molar-refractivity contribution in [2.45, 2.75) is 34.6 Å². The molecule has 0 amide bonds. The molecule has 0 atom stereocenters. The second-order valence-electron chi connectivity index (χ2n) is 9.25. The number of hydrogen-bond donors (Lipinski definition) is 0. The molecule has 9 heteroatoms. The molecule has 9 nitrogen and oxygen atoms in total. The van der Waals surface area contributed by atoms with Gasteiger partial charge in [-0.1, -0.05) is 27.7 Å². The number of nitro benzene ring substituents is 1. The molecule has 0 spiro atoms. The molecule has 0 saturated carbocycles. The monoisotopic (exact) mass is 439 g/mol. The van der Waals surface area contributed by atoms with Crippen LogP contribution in [0.2, 0.25) is 0 Å². The van der Waals surface area contributed by atoms with E-state index in [4.69, 9.17) is 23.7 Å². The standard InChI is InChI=1S/C22H33NO8/c1-16(24)17-10-19-20(11-18(17)23(25)26)30-9-8-27-6-7-28-12-21(2,3)13-29-14-22(4,5)15-31-19/h10-11H,6-9,12-15H2,1-5H3. The molecular formula is C22H33NO8. The molecule has 1 aromatic carbocycles. The lowest BCUT2D eigenvalue weighted by Crippen LogP contribution is -2.32. The van der Waals surface area contributed by atoms with Gasteiger partial charge in [0, 0.05) is 16.9 Å². The number of hydrogen-bond acceptors (Lipinski definition) is 8. The van der Waals surface area contributed by atoms with E-state index in [-0.39, 0.29) is 53.4 Å². The summed E-state index contributed by atoms with van der Waals surface area (Å²) in [6.45, 7) is 12.5. The number of fused-ring (bicyclic) bond motifs is 1. The Labute approximate surface area is 183 Å². The van der Waals surface area contributed by atoms with Crippen LogP contribution in [0.25, 0.3) is 0 Å². The fourth-order valence-electron chi connectivity index (χ4n) is 2.95. The third kappa shape index (κ3) is 8.08. The molecular weight excluding hydrogens is 406 g/mol. The number of ether oxygens (including phenoxy) is 5. The van der Waals surface area contributed by atoms with Gasteiger partial charge in [0.1, 0.15) is 6.61 Å². The van der Waals surface area contributed by atoms with Crippen LogP contribution in [0.5, 0.6) is 11.5 Å². The van der Waals surface area contributed by atoms with Crippen LogP contribution in [-0.2, 0) is 14.2 Å². The second-order valence-corrected chi connectivity index (χ2v) is 9.25. The predicted octanol–water partition coefficient (Wildman–Crippen LogP) is 3.67. The van der Waals surface area contributed by atoms with Gasteiger partial charge in [0.2, 0.25) is 0 Å². The van der Waals surface area contributed by atoms with Crippen LogP contribution < -0.4 is 9.47 Å². The fourth-order valence-corrected chi connectivity index (χ4v) is 2.95. The first-order chi connectivity index (χ1) is 14.5. The highest BCUT2D eigenvalue weighted by atomic mass is 16.6. The number of carbonyl (C=O) groups is 1. The summed E-state index contributed by atoms with van der Waals surface area (Å²) >= 11 is 0. The van der Waals surface area contributed by atoms with Crippen LogP contribution in [0, 0.1) is 20.9 Å². The highest BCUT2D eigenvalue weighted by Crippen LogP contribution is 2.36. The number of carbonyl (C=O) groups excluding carboxylic acids is 1. The predicted molar refractivity (Wildman–Crippen MR) is 114 cm³/mol. The van der Waals surface area contributed by atoms with Crippen molar-refractivity contribution >= 4 is 11.5 Å². The van der Waals surface area contributed by atoms with Crippen molar-refractivity contribution in [1.82, 2.24) is 0 Å². The van der Waals surface area contributed by atoms with Gasteiger partial charge in [-0.25, -0.2) is 0 Å². The molecule has 1 aromatic rings. The molecule has 0 N–H and O–H groups in total. The van der Waals surface area contributed by atoms with Crippen molar-refractivity contribution in [2.75, 3.05) is 52.9 Å². The summed E-state index contributed by atoms with van der Waals surface area (Å²) < 4.78 is 28.8. The number of benzene rings is 1. The Kier molecular flexibility index (Phi) is 8.79. The molecule has 0 aliphatic carbocycles. The molecule has 1 aliphatic rings. The van der Waals surface area contributed by atoms with E-state index in [2.05, 4.69) is 13.8 Å². The second kappa shape index (κ2) is 10.9. The smallest absolute Gasteiger partial charge is 0.284 e. The topological polar surface area (TPSA) is 106 Å². The van der Waals surface area contributed by atoms with Crippen LogP contribution in [0.1, 0.15) is 45.0 Å². The Bertz CT molecular complexity index is 775. The van der Waals surface area contributed by atoms with E-state index >= 15 is 0 Å². The number of nitro groups is 1. The van der Waals surface area contributed by atoms with Gasteiger partial charge in [-0.15, -0.1) is 0 Å². The van der Waals surface area contributed by atoms with Gasteiger partial charge < -0.3 is 23.7 Å². The van der Waals surface area contributed by atoms with Gasteiger partial charge in [0.15, 0.2) is 17.3 Å². The highest BCUT2D eigenvalue weighted by molar-refractivity contribution is 5.98. The van der Waals surface area contributed by atoms with E-state index in [1.165, 1.54) is 19.1 Å². The Balaban J connectivity index is 2.27. The summed E-state index contributed by atoms with van der Waals surface area (Å²) in [4.78, 5) is 22.8. The quantitative estimate of drug-likeness (QED) is 0.390. The molecule has 0 fully saturated rings. The van der Waals surface area contributed by atoms with E-state index in [0.717, 1.165) is 0 Å². The van der Waals surface area contributed by atoms with Crippen LogP contribution in [0.3, 0.4) is 0 Å². The summed E-state index contributed by atoms with van der Waals surface area (Å²) in [6, 6.07) is 2.61. The molecule has 1 aliphatic heterocycles. The van der Waals surface area contributed by atoms with Crippen molar-refractivity contribution in [1.29, 1.82) is 0 Å². The normalized spacial score (nSPS) is 20.4. The number of ketones is 1. The summed E-state index contributed by atoms with van der Waals surface area (Å²) in [5.74, 6) is 0.0465. The molecule has 0 saturated heterocycles. The zero-order chi connectivity index (χ0) is 23.1. The lowest BCUT2D eigenvalue weighted by Gasteiger charge is -2.29. The first kappa shape index (κ1) is 25.0. The SMILES string of the molecule is CC(=O)c1cc2c(cc1[N+](=O)[O-])OCCOCCOCC(C)(C)COCC(C)(C)CO2. The summed E-state index contributed by atoms with van der Waals surface area (Å²) in [5.41, 5.74) is -0.832. The van der Waals surface area contributed by atoms with Gasteiger partial charge in [0.05, 0.1) is 62.8 Å². The molecule has 0 bridgehead atoms. The van der Waals surface area contributed by atoms with Crippen LogP contribution >= 0.6 is 0 Å². The number of rotatable bonds is 2. The maximum atomic E-state index is 12.0. The van der Waals surface area contributed by atoms with Gasteiger partial charge in [0.25, 0.3) is 5.69 Å². The largest absolute Gasteiger partial charge is 0.489 e. The van der Waals surface area contributed by atoms with Crippen molar-refractivity contribution < 1.29 is 33.4 Å². The van der Waals surface area contributed by atoms with Gasteiger partial charge >= 0.3 is 0 Å². The fraction of sp³-hybridized carbons (Fsp3) is 0.682.